The fourth-order valence-electron chi connectivity index (χ4n) is 4.90. The van der Waals surface area contributed by atoms with E-state index in [4.69, 9.17) is 14.5 Å². The third-order valence-corrected chi connectivity index (χ3v) is 6.27. The lowest BCUT2D eigenvalue weighted by Gasteiger charge is -2.31. The molecule has 0 aliphatic carbocycles. The van der Waals surface area contributed by atoms with Crippen molar-refractivity contribution >= 4 is 5.71 Å². The molecule has 3 aromatic rings. The highest BCUT2D eigenvalue weighted by atomic mass is 16.5. The first-order valence-electron chi connectivity index (χ1n) is 11.3. The topological polar surface area (TPSA) is 65.7 Å². The molecular weight excluding hydrogens is 414 g/mol. The maximum Gasteiger partial charge on any atom is 0.251 e. The molecule has 4 heterocycles. The van der Waals surface area contributed by atoms with Gasteiger partial charge in [0.15, 0.2) is 11.5 Å². The molecule has 0 saturated heterocycles. The van der Waals surface area contributed by atoms with Crippen molar-refractivity contribution in [3.63, 3.8) is 0 Å². The van der Waals surface area contributed by atoms with Crippen LogP contribution in [0, 0.1) is 0 Å². The third-order valence-electron chi connectivity index (χ3n) is 6.27. The van der Waals surface area contributed by atoms with Gasteiger partial charge < -0.3 is 14.0 Å². The Morgan fingerprint density at radius 3 is 2.55 bits per heavy atom. The minimum Gasteiger partial charge on any atom is -0.493 e. The lowest BCUT2D eigenvalue weighted by Crippen LogP contribution is -2.31. The molecule has 5 rings (SSSR count). The Bertz CT molecular complexity index is 1320. The average Bonchev–Trinajstić information content (AvgIpc) is 3.08. The lowest BCUT2D eigenvalue weighted by molar-refractivity contribution is 0.134. The van der Waals surface area contributed by atoms with E-state index < -0.39 is 0 Å². The maximum absolute atomic E-state index is 13.0. The standard InChI is InChI=1S/C27H29N3O3/c1-26(2)14-19-12-21(32-5)25-20(15-27(3,4)33-25)23(19)24(29-26)18-8-11-30(22(31)13-18)16-17-6-9-28-10-7-17/h6-13H,14-16H2,1-5H3. The van der Waals surface area contributed by atoms with E-state index in [-0.39, 0.29) is 16.7 Å². The van der Waals surface area contributed by atoms with Crippen LogP contribution in [0.15, 0.2) is 58.7 Å². The Kier molecular flexibility index (Phi) is 4.92. The summed E-state index contributed by atoms with van der Waals surface area (Å²) < 4.78 is 13.7. The normalized spacial score (nSPS) is 17.5. The van der Waals surface area contributed by atoms with E-state index in [1.54, 1.807) is 30.1 Å². The van der Waals surface area contributed by atoms with Gasteiger partial charge in [-0.15, -0.1) is 0 Å². The summed E-state index contributed by atoms with van der Waals surface area (Å²) in [5.74, 6) is 1.55. The van der Waals surface area contributed by atoms with Crippen LogP contribution in [0.4, 0.5) is 0 Å². The van der Waals surface area contributed by atoms with Crippen molar-refractivity contribution < 1.29 is 9.47 Å². The minimum absolute atomic E-state index is 0.0568. The summed E-state index contributed by atoms with van der Waals surface area (Å²) in [7, 11) is 1.68. The molecule has 0 atom stereocenters. The van der Waals surface area contributed by atoms with Gasteiger partial charge in [-0.05, 0) is 69.5 Å². The zero-order valence-corrected chi connectivity index (χ0v) is 19.8. The van der Waals surface area contributed by atoms with E-state index in [0.29, 0.717) is 6.54 Å². The van der Waals surface area contributed by atoms with E-state index >= 15 is 0 Å². The Morgan fingerprint density at radius 1 is 1.09 bits per heavy atom. The fourth-order valence-corrected chi connectivity index (χ4v) is 4.90. The number of nitrogens with zero attached hydrogens (tertiary/aromatic N) is 3. The first-order valence-corrected chi connectivity index (χ1v) is 11.3. The van der Waals surface area contributed by atoms with Gasteiger partial charge in [0.05, 0.1) is 24.9 Å². The second kappa shape index (κ2) is 7.58. The van der Waals surface area contributed by atoms with Crippen molar-refractivity contribution in [3.8, 4) is 11.5 Å². The molecule has 170 valence electrons. The van der Waals surface area contributed by atoms with Crippen LogP contribution in [0.3, 0.4) is 0 Å². The Labute approximate surface area is 193 Å². The summed E-state index contributed by atoms with van der Waals surface area (Å²) in [5, 5.41) is 0. The van der Waals surface area contributed by atoms with Crippen molar-refractivity contribution in [2.75, 3.05) is 7.11 Å². The van der Waals surface area contributed by atoms with Gasteiger partial charge in [-0.2, -0.15) is 0 Å². The van der Waals surface area contributed by atoms with Crippen molar-refractivity contribution in [1.29, 1.82) is 0 Å². The van der Waals surface area contributed by atoms with E-state index in [1.165, 1.54) is 5.56 Å². The number of aliphatic imine (C=N–C) groups is 1. The second-order valence-electron chi connectivity index (χ2n) is 10.1. The molecule has 2 aliphatic rings. The molecule has 0 radical (unpaired) electrons. The van der Waals surface area contributed by atoms with E-state index in [9.17, 15) is 4.79 Å². The van der Waals surface area contributed by atoms with Gasteiger partial charge in [0, 0.05) is 47.8 Å². The number of aromatic nitrogens is 2. The SMILES string of the molecule is COc1cc2c(c3c1OC(C)(C)C3)C(c1ccn(Cc3ccncc3)c(=O)c1)=NC(C)(C)C2. The summed E-state index contributed by atoms with van der Waals surface area (Å²) in [6, 6.07) is 9.61. The summed E-state index contributed by atoms with van der Waals surface area (Å²) in [5.41, 5.74) is 5.43. The van der Waals surface area contributed by atoms with Gasteiger partial charge in [-0.25, -0.2) is 0 Å². The lowest BCUT2D eigenvalue weighted by atomic mass is 9.81. The molecule has 0 fully saturated rings. The van der Waals surface area contributed by atoms with Gasteiger partial charge in [0.1, 0.15) is 5.60 Å². The Balaban J connectivity index is 1.63. The van der Waals surface area contributed by atoms with Gasteiger partial charge >= 0.3 is 0 Å². The van der Waals surface area contributed by atoms with Crippen LogP contribution in [-0.2, 0) is 19.4 Å². The van der Waals surface area contributed by atoms with Crippen LogP contribution in [0.25, 0.3) is 0 Å². The van der Waals surface area contributed by atoms with Crippen molar-refractivity contribution in [2.45, 2.75) is 58.2 Å². The van der Waals surface area contributed by atoms with Crippen molar-refractivity contribution in [3.05, 3.63) is 87.1 Å². The highest BCUT2D eigenvalue weighted by Gasteiger charge is 2.39. The van der Waals surface area contributed by atoms with Gasteiger partial charge in [-0.3, -0.25) is 14.8 Å². The van der Waals surface area contributed by atoms with Crippen LogP contribution in [-0.4, -0.2) is 33.5 Å². The summed E-state index contributed by atoms with van der Waals surface area (Å²) in [6.07, 6.45) is 6.90. The monoisotopic (exact) mass is 443 g/mol. The number of benzene rings is 1. The number of ether oxygens (including phenoxy) is 2. The summed E-state index contributed by atoms with van der Waals surface area (Å²) >= 11 is 0. The molecule has 0 spiro atoms. The minimum atomic E-state index is -0.323. The first kappa shape index (κ1) is 21.4. The van der Waals surface area contributed by atoms with Crippen molar-refractivity contribution in [1.82, 2.24) is 9.55 Å². The number of pyridine rings is 2. The number of fused-ring (bicyclic) bond motifs is 3. The molecule has 0 bridgehead atoms. The first-order chi connectivity index (χ1) is 15.7. The third kappa shape index (κ3) is 3.94. The number of rotatable bonds is 4. The molecule has 1 aromatic carbocycles. The maximum atomic E-state index is 13.0. The van der Waals surface area contributed by atoms with Crippen LogP contribution in [0.1, 0.15) is 55.5 Å². The molecule has 6 heteroatoms. The zero-order valence-electron chi connectivity index (χ0n) is 19.8. The Morgan fingerprint density at radius 2 is 1.85 bits per heavy atom. The van der Waals surface area contributed by atoms with Gasteiger partial charge in [-0.1, -0.05) is 0 Å². The van der Waals surface area contributed by atoms with Crippen molar-refractivity contribution in [2.24, 2.45) is 4.99 Å². The van der Waals surface area contributed by atoms with Crippen LogP contribution >= 0.6 is 0 Å². The van der Waals surface area contributed by atoms with Crippen LogP contribution in [0.2, 0.25) is 0 Å². The summed E-state index contributed by atoms with van der Waals surface area (Å²) in [6.45, 7) is 8.93. The smallest absolute Gasteiger partial charge is 0.251 e. The van der Waals surface area contributed by atoms with Crippen LogP contribution in [0.5, 0.6) is 11.5 Å². The molecular formula is C27H29N3O3. The second-order valence-corrected chi connectivity index (χ2v) is 10.1. The average molecular weight is 444 g/mol. The number of hydrogen-bond acceptors (Lipinski definition) is 5. The molecule has 0 saturated carbocycles. The van der Waals surface area contributed by atoms with Gasteiger partial charge in [0.25, 0.3) is 5.56 Å². The quantitative estimate of drug-likeness (QED) is 0.607. The summed E-state index contributed by atoms with van der Waals surface area (Å²) in [4.78, 5) is 22.2. The fraction of sp³-hybridized carbons (Fsp3) is 0.370. The number of hydrogen-bond donors (Lipinski definition) is 0. The Hall–Kier alpha value is -3.41. The van der Waals surface area contributed by atoms with Crippen LogP contribution < -0.4 is 15.0 Å². The molecule has 2 aromatic heterocycles. The molecule has 0 amide bonds. The molecule has 33 heavy (non-hydrogen) atoms. The largest absolute Gasteiger partial charge is 0.493 e. The molecule has 0 N–H and O–H groups in total. The predicted molar refractivity (Wildman–Crippen MR) is 129 cm³/mol. The number of methoxy groups -OCH3 is 1. The van der Waals surface area contributed by atoms with Gasteiger partial charge in [0.2, 0.25) is 0 Å². The molecule has 0 unspecified atom stereocenters. The van der Waals surface area contributed by atoms with E-state index in [2.05, 4.69) is 38.7 Å². The van der Waals surface area contributed by atoms with E-state index in [0.717, 1.165) is 52.3 Å². The van der Waals surface area contributed by atoms with E-state index in [1.807, 2.05) is 24.4 Å². The molecule has 6 nitrogen and oxygen atoms in total. The highest BCUT2D eigenvalue weighted by molar-refractivity contribution is 6.16. The highest BCUT2D eigenvalue weighted by Crippen LogP contribution is 2.47. The zero-order chi connectivity index (χ0) is 23.4. The predicted octanol–water partition coefficient (Wildman–Crippen LogP) is 4.19. The molecule has 2 aliphatic heterocycles.